The summed E-state index contributed by atoms with van der Waals surface area (Å²) in [7, 11) is 0. The molecule has 1 aromatic rings. The van der Waals surface area contributed by atoms with Crippen LogP contribution in [0.1, 0.15) is 19.3 Å². The monoisotopic (exact) mass is 233 g/mol. The van der Waals surface area contributed by atoms with Crippen molar-refractivity contribution in [3.05, 3.63) is 24.3 Å². The molecule has 2 rings (SSSR count). The van der Waals surface area contributed by atoms with E-state index in [2.05, 4.69) is 16.3 Å². The van der Waals surface area contributed by atoms with Crippen LogP contribution in [0.4, 0.5) is 11.4 Å². The van der Waals surface area contributed by atoms with Crippen LogP contribution in [-0.4, -0.2) is 25.5 Å². The first-order chi connectivity index (χ1) is 8.29. The molecule has 1 amide bonds. The van der Waals surface area contributed by atoms with E-state index >= 15 is 0 Å². The van der Waals surface area contributed by atoms with E-state index in [4.69, 9.17) is 5.73 Å². The van der Waals surface area contributed by atoms with E-state index in [1.54, 1.807) is 0 Å². The van der Waals surface area contributed by atoms with Gasteiger partial charge in [-0.15, -0.1) is 0 Å². The molecule has 0 saturated carbocycles. The number of nitrogens with two attached hydrogens (primary N) is 1. The molecule has 17 heavy (non-hydrogen) atoms. The Morgan fingerprint density at radius 2 is 2.12 bits per heavy atom. The largest absolute Gasteiger partial charge is 0.371 e. The Kier molecular flexibility index (Phi) is 3.98. The lowest BCUT2D eigenvalue weighted by molar-refractivity contribution is -0.116. The molecule has 0 unspecified atom stereocenters. The standard InChI is InChI=1S/C13H19N3O/c14-7-6-13(17)15-11-4-3-5-12(10-11)16-8-1-2-9-16/h3-5,10H,1-2,6-9,14H2,(H,15,17). The Morgan fingerprint density at radius 1 is 1.35 bits per heavy atom. The average molecular weight is 233 g/mol. The first kappa shape index (κ1) is 11.9. The number of rotatable bonds is 4. The minimum absolute atomic E-state index is 0.0222. The van der Waals surface area contributed by atoms with Gasteiger partial charge in [-0.25, -0.2) is 0 Å². The van der Waals surface area contributed by atoms with Crippen molar-refractivity contribution in [2.45, 2.75) is 19.3 Å². The fraction of sp³-hybridized carbons (Fsp3) is 0.462. The Bertz CT molecular complexity index is 386. The van der Waals surface area contributed by atoms with Gasteiger partial charge in [0.1, 0.15) is 0 Å². The van der Waals surface area contributed by atoms with Crippen LogP contribution in [-0.2, 0) is 4.79 Å². The van der Waals surface area contributed by atoms with Gasteiger partial charge in [0.2, 0.25) is 5.91 Å². The van der Waals surface area contributed by atoms with Crippen LogP contribution in [0.2, 0.25) is 0 Å². The highest BCUT2D eigenvalue weighted by atomic mass is 16.1. The van der Waals surface area contributed by atoms with Gasteiger partial charge in [-0.1, -0.05) is 6.07 Å². The first-order valence-corrected chi connectivity index (χ1v) is 6.14. The number of carbonyl (C=O) groups excluding carboxylic acids is 1. The van der Waals surface area contributed by atoms with Crippen molar-refractivity contribution in [3.63, 3.8) is 0 Å². The zero-order valence-electron chi connectivity index (χ0n) is 9.98. The van der Waals surface area contributed by atoms with Crippen LogP contribution in [0, 0.1) is 0 Å². The first-order valence-electron chi connectivity index (χ1n) is 6.14. The summed E-state index contributed by atoms with van der Waals surface area (Å²) in [6.45, 7) is 2.61. The number of nitrogens with zero attached hydrogens (tertiary/aromatic N) is 1. The smallest absolute Gasteiger partial charge is 0.225 e. The van der Waals surface area contributed by atoms with Crippen LogP contribution in [0.3, 0.4) is 0 Å². The highest BCUT2D eigenvalue weighted by molar-refractivity contribution is 5.91. The zero-order valence-corrected chi connectivity index (χ0v) is 9.98. The number of amides is 1. The van der Waals surface area contributed by atoms with Crippen LogP contribution in [0.5, 0.6) is 0 Å². The van der Waals surface area contributed by atoms with Crippen molar-refractivity contribution in [1.82, 2.24) is 0 Å². The van der Waals surface area contributed by atoms with Crippen LogP contribution in [0.25, 0.3) is 0 Å². The van der Waals surface area contributed by atoms with Crippen LogP contribution < -0.4 is 16.0 Å². The number of nitrogens with one attached hydrogen (secondary N) is 1. The second-order valence-corrected chi connectivity index (χ2v) is 4.33. The number of benzene rings is 1. The lowest BCUT2D eigenvalue weighted by atomic mass is 10.2. The Balaban J connectivity index is 2.03. The Labute approximate surface area is 102 Å². The predicted octanol–water partition coefficient (Wildman–Crippen LogP) is 1.57. The van der Waals surface area contributed by atoms with Gasteiger partial charge >= 0.3 is 0 Å². The number of anilines is 2. The summed E-state index contributed by atoms with van der Waals surface area (Å²) in [6, 6.07) is 8.00. The van der Waals surface area contributed by atoms with Crippen LogP contribution in [0.15, 0.2) is 24.3 Å². The molecule has 1 aliphatic rings. The zero-order chi connectivity index (χ0) is 12.1. The molecule has 0 radical (unpaired) electrons. The maximum Gasteiger partial charge on any atom is 0.225 e. The van der Waals surface area contributed by atoms with E-state index in [0.29, 0.717) is 13.0 Å². The molecule has 1 aromatic carbocycles. The van der Waals surface area contributed by atoms with E-state index < -0.39 is 0 Å². The van der Waals surface area contributed by atoms with Gasteiger partial charge < -0.3 is 16.0 Å². The van der Waals surface area contributed by atoms with E-state index in [1.807, 2.05) is 18.2 Å². The fourth-order valence-corrected chi connectivity index (χ4v) is 2.11. The summed E-state index contributed by atoms with van der Waals surface area (Å²) in [4.78, 5) is 13.8. The van der Waals surface area contributed by atoms with E-state index in [-0.39, 0.29) is 5.91 Å². The lowest BCUT2D eigenvalue weighted by Gasteiger charge is -2.18. The molecule has 1 fully saturated rings. The molecule has 0 spiro atoms. The fourth-order valence-electron chi connectivity index (χ4n) is 2.11. The molecule has 0 aromatic heterocycles. The van der Waals surface area contributed by atoms with Gasteiger partial charge in [-0.2, -0.15) is 0 Å². The Morgan fingerprint density at radius 3 is 2.82 bits per heavy atom. The van der Waals surface area contributed by atoms with Crippen molar-refractivity contribution >= 4 is 17.3 Å². The third kappa shape index (κ3) is 3.20. The van der Waals surface area contributed by atoms with Gasteiger partial charge in [0.05, 0.1) is 0 Å². The summed E-state index contributed by atoms with van der Waals surface area (Å²) in [6.07, 6.45) is 2.88. The number of hydrogen-bond acceptors (Lipinski definition) is 3. The highest BCUT2D eigenvalue weighted by Crippen LogP contribution is 2.23. The molecule has 1 heterocycles. The summed E-state index contributed by atoms with van der Waals surface area (Å²) in [5.74, 6) is -0.0222. The number of carbonyl (C=O) groups is 1. The SMILES string of the molecule is NCCC(=O)Nc1cccc(N2CCCC2)c1. The normalized spacial score (nSPS) is 15.0. The van der Waals surface area contributed by atoms with Gasteiger partial charge in [0.25, 0.3) is 0 Å². The maximum absolute atomic E-state index is 11.4. The second-order valence-electron chi connectivity index (χ2n) is 4.33. The third-order valence-electron chi connectivity index (χ3n) is 2.97. The molecule has 1 aliphatic heterocycles. The Hall–Kier alpha value is -1.55. The van der Waals surface area contributed by atoms with Crippen molar-refractivity contribution < 1.29 is 4.79 Å². The van der Waals surface area contributed by atoms with Gasteiger partial charge in [-0.05, 0) is 31.0 Å². The van der Waals surface area contributed by atoms with E-state index in [1.165, 1.54) is 18.5 Å². The lowest BCUT2D eigenvalue weighted by Crippen LogP contribution is -2.19. The summed E-state index contributed by atoms with van der Waals surface area (Å²) in [5, 5.41) is 2.86. The topological polar surface area (TPSA) is 58.4 Å². The molecule has 0 atom stereocenters. The van der Waals surface area contributed by atoms with Crippen molar-refractivity contribution in [2.24, 2.45) is 5.73 Å². The molecule has 4 nitrogen and oxygen atoms in total. The number of hydrogen-bond donors (Lipinski definition) is 2. The maximum atomic E-state index is 11.4. The van der Waals surface area contributed by atoms with Crippen molar-refractivity contribution in [2.75, 3.05) is 29.9 Å². The van der Waals surface area contributed by atoms with Gasteiger partial charge in [0.15, 0.2) is 0 Å². The highest BCUT2D eigenvalue weighted by Gasteiger charge is 2.12. The molecule has 92 valence electrons. The quantitative estimate of drug-likeness (QED) is 0.830. The van der Waals surface area contributed by atoms with Crippen molar-refractivity contribution in [3.8, 4) is 0 Å². The third-order valence-corrected chi connectivity index (χ3v) is 2.97. The van der Waals surface area contributed by atoms with Gasteiger partial charge in [0, 0.05) is 37.4 Å². The van der Waals surface area contributed by atoms with E-state index in [0.717, 1.165) is 18.8 Å². The molecule has 1 saturated heterocycles. The average Bonchev–Trinajstić information content (AvgIpc) is 2.83. The van der Waals surface area contributed by atoms with Crippen molar-refractivity contribution in [1.29, 1.82) is 0 Å². The summed E-state index contributed by atoms with van der Waals surface area (Å²) >= 11 is 0. The van der Waals surface area contributed by atoms with Gasteiger partial charge in [-0.3, -0.25) is 4.79 Å². The molecular formula is C13H19N3O. The molecule has 0 bridgehead atoms. The summed E-state index contributed by atoms with van der Waals surface area (Å²) < 4.78 is 0. The molecular weight excluding hydrogens is 214 g/mol. The molecule has 4 heteroatoms. The minimum Gasteiger partial charge on any atom is -0.371 e. The predicted molar refractivity (Wildman–Crippen MR) is 70.2 cm³/mol. The molecule has 0 aliphatic carbocycles. The minimum atomic E-state index is -0.0222. The van der Waals surface area contributed by atoms with E-state index in [9.17, 15) is 4.79 Å². The summed E-state index contributed by atoms with van der Waals surface area (Å²) in [5.41, 5.74) is 7.39. The van der Waals surface area contributed by atoms with Crippen LogP contribution >= 0.6 is 0 Å². The molecule has 3 N–H and O–H groups in total. The second kappa shape index (κ2) is 5.68.